The summed E-state index contributed by atoms with van der Waals surface area (Å²) in [5, 5.41) is 0. The van der Waals surface area contributed by atoms with E-state index in [0.29, 0.717) is 44.4 Å². The quantitative estimate of drug-likeness (QED) is 0.270. The fraction of sp³-hybridized carbons (Fsp3) is 0.914. The van der Waals surface area contributed by atoms with Gasteiger partial charge in [0.1, 0.15) is 12.2 Å². The topological polar surface area (TPSA) is 133 Å². The SMILES string of the molecule is CC(=O)O[C@H]1C[C@H]2[C@@H]([C@H](OC(C)=O)C[C@@H]3CC4(CC[C@@]32C)OOC2(CCC(C)CC2)OO4)[C@@H]2CC[C@H]([C@H](C)CCC(N)=O)[C@@]12C. The molecule has 0 bridgehead atoms. The molecule has 0 aromatic rings. The fourth-order valence-electron chi connectivity index (χ4n) is 11.2. The van der Waals surface area contributed by atoms with Crippen LogP contribution in [0.15, 0.2) is 0 Å². The number of carbonyl (C=O) groups excluding carboxylic acids is 3. The lowest BCUT2D eigenvalue weighted by molar-refractivity contribution is -0.665. The summed E-state index contributed by atoms with van der Waals surface area (Å²) < 4.78 is 12.5. The molecule has 6 aliphatic rings. The van der Waals surface area contributed by atoms with Crippen molar-refractivity contribution in [2.75, 3.05) is 0 Å². The van der Waals surface area contributed by atoms with E-state index in [2.05, 4.69) is 27.7 Å². The van der Waals surface area contributed by atoms with E-state index in [9.17, 15) is 14.4 Å². The maximum Gasteiger partial charge on any atom is 0.302 e. The Bertz CT molecular complexity index is 1140. The summed E-state index contributed by atoms with van der Waals surface area (Å²) in [6.07, 6.45) is 9.41. The van der Waals surface area contributed by atoms with Gasteiger partial charge < -0.3 is 15.2 Å². The maximum atomic E-state index is 12.6. The van der Waals surface area contributed by atoms with Crippen molar-refractivity contribution in [3.8, 4) is 0 Å². The minimum atomic E-state index is -1.00. The molecular weight excluding hydrogens is 578 g/mol. The van der Waals surface area contributed by atoms with E-state index in [4.69, 9.17) is 34.8 Å². The summed E-state index contributed by atoms with van der Waals surface area (Å²) in [6.45, 7) is 12.1. The summed E-state index contributed by atoms with van der Waals surface area (Å²) in [5.41, 5.74) is 5.12. The lowest BCUT2D eigenvalue weighted by Gasteiger charge is -2.65. The van der Waals surface area contributed by atoms with Crippen LogP contribution in [0.25, 0.3) is 0 Å². The van der Waals surface area contributed by atoms with E-state index in [1.807, 2.05) is 0 Å². The molecule has 5 saturated carbocycles. The minimum Gasteiger partial charge on any atom is -0.462 e. The number of hydrogen-bond acceptors (Lipinski definition) is 9. The molecule has 254 valence electrons. The van der Waals surface area contributed by atoms with E-state index >= 15 is 0 Å². The van der Waals surface area contributed by atoms with Crippen molar-refractivity contribution in [2.24, 2.45) is 58.0 Å². The number of fused-ring (bicyclic) bond motifs is 5. The Balaban J connectivity index is 1.28. The van der Waals surface area contributed by atoms with E-state index in [1.165, 1.54) is 13.8 Å². The van der Waals surface area contributed by atoms with Gasteiger partial charge in [0.15, 0.2) is 0 Å². The van der Waals surface area contributed by atoms with Crippen LogP contribution in [0.4, 0.5) is 0 Å². The largest absolute Gasteiger partial charge is 0.462 e. The van der Waals surface area contributed by atoms with E-state index in [1.54, 1.807) is 0 Å². The first-order valence-electron chi connectivity index (χ1n) is 17.6. The average Bonchev–Trinajstić information content (AvgIpc) is 3.34. The third-order valence-corrected chi connectivity index (χ3v) is 13.7. The molecule has 2 N–H and O–H groups in total. The molecule has 0 aromatic carbocycles. The summed E-state index contributed by atoms with van der Waals surface area (Å²) >= 11 is 0. The summed E-state index contributed by atoms with van der Waals surface area (Å²) in [5.74, 6) is -0.882. The molecule has 2 spiro atoms. The molecule has 10 nitrogen and oxygen atoms in total. The number of amides is 1. The standard InChI is InChI=1S/C35H55NO9/c1-20-11-13-34(14-12-20)42-44-35(45-43-34)16-15-32(5)24(19-35)17-28(40-22(3)37)31-26-9-8-25(21(2)7-10-30(36)39)33(26,6)29(18-27(31)32)41-23(4)38/h20-21,24-29,31H,7-19H2,1-6H3,(H2,36,39)/t20?,21-,24-,25-,26+,27+,28-,29+,31+,32+,33-,34?,35?/m1/s1. The van der Waals surface area contributed by atoms with Crippen LogP contribution < -0.4 is 5.73 Å². The smallest absolute Gasteiger partial charge is 0.302 e. The average molecular weight is 634 g/mol. The highest BCUT2D eigenvalue weighted by Crippen LogP contribution is 2.70. The zero-order chi connectivity index (χ0) is 32.4. The highest BCUT2D eigenvalue weighted by molar-refractivity contribution is 5.73. The highest BCUT2D eigenvalue weighted by atomic mass is 17.4. The molecule has 0 unspecified atom stereocenters. The summed E-state index contributed by atoms with van der Waals surface area (Å²) in [6, 6.07) is 0. The molecule has 10 heteroatoms. The van der Waals surface area contributed by atoms with Crippen LogP contribution in [0, 0.1) is 52.3 Å². The predicted octanol–water partition coefficient (Wildman–Crippen LogP) is 6.14. The van der Waals surface area contributed by atoms with Crippen molar-refractivity contribution >= 4 is 17.8 Å². The minimum absolute atomic E-state index is 0.107. The molecule has 0 aromatic heterocycles. The molecule has 6 rings (SSSR count). The Labute approximate surface area is 267 Å². The number of primary amides is 1. The second-order valence-electron chi connectivity index (χ2n) is 16.3. The van der Waals surface area contributed by atoms with Crippen LogP contribution in [-0.4, -0.2) is 41.6 Å². The van der Waals surface area contributed by atoms with Gasteiger partial charge in [-0.2, -0.15) is 19.6 Å². The van der Waals surface area contributed by atoms with E-state index in [-0.39, 0.29) is 76.4 Å². The summed E-state index contributed by atoms with van der Waals surface area (Å²) in [7, 11) is 0. The van der Waals surface area contributed by atoms with Crippen LogP contribution in [0.3, 0.4) is 0 Å². The van der Waals surface area contributed by atoms with Crippen LogP contribution in [-0.2, 0) is 43.4 Å². The van der Waals surface area contributed by atoms with Gasteiger partial charge in [0, 0.05) is 57.3 Å². The third kappa shape index (κ3) is 5.84. The molecule has 0 radical (unpaired) electrons. The van der Waals surface area contributed by atoms with E-state index < -0.39 is 11.6 Å². The highest BCUT2D eigenvalue weighted by Gasteiger charge is 2.69. The second-order valence-corrected chi connectivity index (χ2v) is 16.3. The van der Waals surface area contributed by atoms with Gasteiger partial charge in [-0.25, -0.2) is 0 Å². The molecule has 6 fully saturated rings. The zero-order valence-electron chi connectivity index (χ0n) is 28.1. The number of hydrogen-bond donors (Lipinski definition) is 1. The third-order valence-electron chi connectivity index (χ3n) is 13.7. The van der Waals surface area contributed by atoms with Crippen molar-refractivity contribution in [3.05, 3.63) is 0 Å². The molecule has 45 heavy (non-hydrogen) atoms. The Kier molecular flexibility index (Phi) is 8.88. The van der Waals surface area contributed by atoms with Gasteiger partial charge in [-0.1, -0.05) is 27.7 Å². The first-order chi connectivity index (χ1) is 21.2. The first-order valence-corrected chi connectivity index (χ1v) is 17.6. The Morgan fingerprint density at radius 1 is 0.844 bits per heavy atom. The molecule has 1 amide bonds. The molecule has 5 aliphatic carbocycles. The van der Waals surface area contributed by atoms with Crippen molar-refractivity contribution in [1.82, 2.24) is 0 Å². The van der Waals surface area contributed by atoms with Gasteiger partial charge >= 0.3 is 11.9 Å². The predicted molar refractivity (Wildman–Crippen MR) is 162 cm³/mol. The molecule has 10 atom stereocenters. The van der Waals surface area contributed by atoms with Gasteiger partial charge in [0.2, 0.25) is 17.5 Å². The molecule has 1 heterocycles. The van der Waals surface area contributed by atoms with Gasteiger partial charge in [-0.15, -0.1) is 0 Å². The van der Waals surface area contributed by atoms with Crippen LogP contribution in [0.5, 0.6) is 0 Å². The van der Waals surface area contributed by atoms with Crippen molar-refractivity contribution in [1.29, 1.82) is 0 Å². The number of carbonyl (C=O) groups is 3. The number of nitrogens with two attached hydrogens (primary N) is 1. The number of rotatable bonds is 6. The van der Waals surface area contributed by atoms with Gasteiger partial charge in [0.25, 0.3) is 0 Å². The lowest BCUT2D eigenvalue weighted by atomic mass is 9.42. The Morgan fingerprint density at radius 2 is 1.49 bits per heavy atom. The van der Waals surface area contributed by atoms with Crippen LogP contribution >= 0.6 is 0 Å². The van der Waals surface area contributed by atoms with E-state index in [0.717, 1.165) is 44.9 Å². The van der Waals surface area contributed by atoms with Crippen molar-refractivity contribution in [2.45, 2.75) is 149 Å². The maximum absolute atomic E-state index is 12.6. The van der Waals surface area contributed by atoms with Gasteiger partial charge in [-0.3, -0.25) is 14.4 Å². The number of ether oxygens (including phenoxy) is 2. The monoisotopic (exact) mass is 633 g/mol. The first kappa shape index (κ1) is 33.2. The molecular formula is C35H55NO9. The number of esters is 2. The van der Waals surface area contributed by atoms with Crippen LogP contribution in [0.2, 0.25) is 0 Å². The Hall–Kier alpha value is -1.75. The molecule has 1 saturated heterocycles. The normalized spacial score (nSPS) is 48.1. The van der Waals surface area contributed by atoms with Gasteiger partial charge in [0.05, 0.1) is 0 Å². The van der Waals surface area contributed by atoms with Crippen LogP contribution in [0.1, 0.15) is 125 Å². The zero-order valence-corrected chi connectivity index (χ0v) is 28.1. The summed E-state index contributed by atoms with van der Waals surface area (Å²) in [4.78, 5) is 61.3. The lowest BCUT2D eigenvalue weighted by Crippen LogP contribution is -2.65. The fourth-order valence-corrected chi connectivity index (χ4v) is 11.2. The second kappa shape index (κ2) is 12.0. The van der Waals surface area contributed by atoms with Crippen molar-refractivity contribution < 1.29 is 43.4 Å². The van der Waals surface area contributed by atoms with Crippen molar-refractivity contribution in [3.63, 3.8) is 0 Å². The molecule has 1 aliphatic heterocycles. The Morgan fingerprint density at radius 3 is 2.11 bits per heavy atom. The van der Waals surface area contributed by atoms with Gasteiger partial charge in [-0.05, 0) is 92.3 Å².